The maximum Gasteiger partial charge on any atom is 0.270 e. The third kappa shape index (κ3) is 2.11. The summed E-state index contributed by atoms with van der Waals surface area (Å²) in [6, 6.07) is 5.76. The van der Waals surface area contributed by atoms with Crippen molar-refractivity contribution in [1.82, 2.24) is 0 Å². The highest BCUT2D eigenvalue weighted by atomic mass is 16.5. The molecule has 96 valence electrons. The fraction of sp³-hybridized carbons (Fsp3) is 0.357. The standard InChI is InChI=1S/C14H18N2O2/c1-14(2)13(17)16(3)11-9-10(5-4-8-15)6-7-12(11)18-14/h4-7,9H,8,15H2,1-3H3/b5-4+. The second-order valence-corrected chi connectivity index (χ2v) is 4.84. The molecule has 0 fully saturated rings. The number of ether oxygens (including phenoxy) is 1. The summed E-state index contributed by atoms with van der Waals surface area (Å²) in [6.45, 7) is 4.05. The molecule has 4 heteroatoms. The van der Waals surface area contributed by atoms with Crippen LogP contribution in [0.4, 0.5) is 5.69 Å². The largest absolute Gasteiger partial charge is 0.476 e. The lowest BCUT2D eigenvalue weighted by atomic mass is 10.0. The Morgan fingerprint density at radius 2 is 2.17 bits per heavy atom. The number of benzene rings is 1. The average Bonchev–Trinajstić information content (AvgIpc) is 2.34. The van der Waals surface area contributed by atoms with Gasteiger partial charge in [-0.3, -0.25) is 4.79 Å². The molecule has 1 heterocycles. The fourth-order valence-corrected chi connectivity index (χ4v) is 2.02. The Hall–Kier alpha value is -1.81. The monoisotopic (exact) mass is 246 g/mol. The number of hydrogen-bond acceptors (Lipinski definition) is 3. The molecule has 2 rings (SSSR count). The van der Waals surface area contributed by atoms with Gasteiger partial charge in [0.1, 0.15) is 5.75 Å². The Bertz CT molecular complexity index is 507. The zero-order valence-corrected chi connectivity index (χ0v) is 10.9. The molecule has 2 N–H and O–H groups in total. The Morgan fingerprint density at radius 3 is 2.83 bits per heavy atom. The number of likely N-dealkylation sites (N-methyl/N-ethyl adjacent to an activating group) is 1. The van der Waals surface area contributed by atoms with Crippen molar-refractivity contribution in [3.63, 3.8) is 0 Å². The number of anilines is 1. The van der Waals surface area contributed by atoms with Gasteiger partial charge in [0.15, 0.2) is 5.60 Å². The van der Waals surface area contributed by atoms with E-state index in [-0.39, 0.29) is 5.91 Å². The summed E-state index contributed by atoms with van der Waals surface area (Å²) >= 11 is 0. The Labute approximate surface area is 107 Å². The number of carbonyl (C=O) groups is 1. The number of fused-ring (bicyclic) bond motifs is 1. The molecule has 0 unspecified atom stereocenters. The van der Waals surface area contributed by atoms with Crippen molar-refractivity contribution in [2.75, 3.05) is 18.5 Å². The summed E-state index contributed by atoms with van der Waals surface area (Å²) < 4.78 is 5.72. The van der Waals surface area contributed by atoms with Crippen molar-refractivity contribution in [2.45, 2.75) is 19.4 Å². The number of rotatable bonds is 2. The molecule has 0 aliphatic carbocycles. The molecule has 1 aromatic carbocycles. The van der Waals surface area contributed by atoms with E-state index in [0.717, 1.165) is 17.0 Å². The zero-order valence-electron chi connectivity index (χ0n) is 10.9. The van der Waals surface area contributed by atoms with E-state index in [1.807, 2.05) is 30.4 Å². The van der Waals surface area contributed by atoms with E-state index in [1.165, 1.54) is 0 Å². The van der Waals surface area contributed by atoms with Crippen LogP contribution >= 0.6 is 0 Å². The molecule has 0 saturated heterocycles. The topological polar surface area (TPSA) is 55.6 Å². The first-order chi connectivity index (χ1) is 8.45. The molecule has 0 radical (unpaired) electrons. The van der Waals surface area contributed by atoms with E-state index in [1.54, 1.807) is 25.8 Å². The van der Waals surface area contributed by atoms with Gasteiger partial charge in [-0.15, -0.1) is 0 Å². The minimum absolute atomic E-state index is 0.0463. The van der Waals surface area contributed by atoms with Gasteiger partial charge in [0.25, 0.3) is 5.91 Å². The van der Waals surface area contributed by atoms with Crippen LogP contribution in [0.3, 0.4) is 0 Å². The highest BCUT2D eigenvalue weighted by Gasteiger charge is 2.39. The van der Waals surface area contributed by atoms with Crippen LogP contribution in [0.1, 0.15) is 19.4 Å². The molecular formula is C14H18N2O2. The van der Waals surface area contributed by atoms with E-state index in [0.29, 0.717) is 6.54 Å². The van der Waals surface area contributed by atoms with Crippen molar-refractivity contribution in [1.29, 1.82) is 0 Å². The van der Waals surface area contributed by atoms with Crippen LogP contribution in [0.15, 0.2) is 24.3 Å². The molecule has 1 aromatic rings. The number of hydrogen-bond donors (Lipinski definition) is 1. The number of carbonyl (C=O) groups excluding carboxylic acids is 1. The zero-order chi connectivity index (χ0) is 13.3. The molecular weight excluding hydrogens is 228 g/mol. The Kier molecular flexibility index (Phi) is 3.13. The van der Waals surface area contributed by atoms with E-state index < -0.39 is 5.60 Å². The number of nitrogens with two attached hydrogens (primary N) is 1. The molecule has 1 amide bonds. The molecule has 0 bridgehead atoms. The summed E-state index contributed by atoms with van der Waals surface area (Å²) in [5.74, 6) is 0.682. The van der Waals surface area contributed by atoms with E-state index >= 15 is 0 Å². The maximum absolute atomic E-state index is 12.1. The first kappa shape index (κ1) is 12.6. The Morgan fingerprint density at radius 1 is 1.44 bits per heavy atom. The van der Waals surface area contributed by atoms with Crippen LogP contribution in [-0.4, -0.2) is 25.1 Å². The van der Waals surface area contributed by atoms with Gasteiger partial charge in [-0.05, 0) is 31.5 Å². The number of amides is 1. The molecule has 4 nitrogen and oxygen atoms in total. The highest BCUT2D eigenvalue weighted by Crippen LogP contribution is 2.37. The van der Waals surface area contributed by atoms with Gasteiger partial charge in [0, 0.05) is 13.6 Å². The Balaban J connectivity index is 2.42. The minimum Gasteiger partial charge on any atom is -0.476 e. The lowest BCUT2D eigenvalue weighted by Crippen LogP contribution is -2.50. The maximum atomic E-state index is 12.1. The van der Waals surface area contributed by atoms with Gasteiger partial charge < -0.3 is 15.4 Å². The molecule has 0 aromatic heterocycles. The second-order valence-electron chi connectivity index (χ2n) is 4.84. The molecule has 0 saturated carbocycles. The van der Waals surface area contributed by atoms with Gasteiger partial charge >= 0.3 is 0 Å². The lowest BCUT2D eigenvalue weighted by Gasteiger charge is -2.37. The summed E-state index contributed by atoms with van der Waals surface area (Å²) in [5.41, 5.74) is 6.41. The van der Waals surface area contributed by atoms with E-state index in [2.05, 4.69) is 0 Å². The third-order valence-electron chi connectivity index (χ3n) is 2.98. The van der Waals surface area contributed by atoms with Crippen LogP contribution in [0.5, 0.6) is 5.75 Å². The van der Waals surface area contributed by atoms with Crippen LogP contribution in [0.2, 0.25) is 0 Å². The van der Waals surface area contributed by atoms with Gasteiger partial charge in [0.2, 0.25) is 0 Å². The van der Waals surface area contributed by atoms with Crippen molar-refractivity contribution < 1.29 is 9.53 Å². The number of nitrogens with zero attached hydrogens (tertiary/aromatic N) is 1. The first-order valence-electron chi connectivity index (χ1n) is 5.93. The predicted molar refractivity (Wildman–Crippen MR) is 72.6 cm³/mol. The van der Waals surface area contributed by atoms with Crippen molar-refractivity contribution >= 4 is 17.7 Å². The summed E-state index contributed by atoms with van der Waals surface area (Å²) in [7, 11) is 1.77. The minimum atomic E-state index is -0.809. The smallest absolute Gasteiger partial charge is 0.270 e. The quantitative estimate of drug-likeness (QED) is 0.865. The van der Waals surface area contributed by atoms with Gasteiger partial charge in [-0.25, -0.2) is 0 Å². The molecule has 1 aliphatic rings. The second kappa shape index (κ2) is 4.46. The van der Waals surface area contributed by atoms with E-state index in [4.69, 9.17) is 10.5 Å². The van der Waals surface area contributed by atoms with Crippen LogP contribution in [0, 0.1) is 0 Å². The first-order valence-corrected chi connectivity index (χ1v) is 5.93. The summed E-state index contributed by atoms with van der Waals surface area (Å²) in [6.07, 6.45) is 3.80. The van der Waals surface area contributed by atoms with Crippen molar-refractivity contribution in [3.05, 3.63) is 29.8 Å². The predicted octanol–water partition coefficient (Wildman–Crippen LogP) is 1.79. The van der Waals surface area contributed by atoms with E-state index in [9.17, 15) is 4.79 Å². The van der Waals surface area contributed by atoms with Crippen molar-refractivity contribution in [3.8, 4) is 5.75 Å². The normalized spacial score (nSPS) is 17.8. The molecule has 0 atom stereocenters. The van der Waals surface area contributed by atoms with Gasteiger partial charge in [0.05, 0.1) is 5.69 Å². The molecule has 18 heavy (non-hydrogen) atoms. The van der Waals surface area contributed by atoms with Crippen LogP contribution < -0.4 is 15.4 Å². The van der Waals surface area contributed by atoms with Crippen LogP contribution in [0.25, 0.3) is 6.08 Å². The SMILES string of the molecule is CN1C(=O)C(C)(C)Oc2ccc(/C=C/CN)cc21. The molecule has 1 aliphatic heterocycles. The summed E-state index contributed by atoms with van der Waals surface area (Å²) in [4.78, 5) is 13.7. The van der Waals surface area contributed by atoms with Crippen LogP contribution in [-0.2, 0) is 4.79 Å². The fourth-order valence-electron chi connectivity index (χ4n) is 2.02. The highest BCUT2D eigenvalue weighted by molar-refractivity contribution is 6.02. The molecule has 0 spiro atoms. The van der Waals surface area contributed by atoms with Gasteiger partial charge in [-0.1, -0.05) is 18.2 Å². The van der Waals surface area contributed by atoms with Crippen molar-refractivity contribution in [2.24, 2.45) is 5.73 Å². The van der Waals surface area contributed by atoms with Gasteiger partial charge in [-0.2, -0.15) is 0 Å². The lowest BCUT2D eigenvalue weighted by molar-refractivity contribution is -0.132. The third-order valence-corrected chi connectivity index (χ3v) is 2.98. The summed E-state index contributed by atoms with van der Waals surface area (Å²) in [5, 5.41) is 0. The average molecular weight is 246 g/mol.